The zero-order chi connectivity index (χ0) is 25.3. The van der Waals surface area contributed by atoms with E-state index >= 15 is 0 Å². The van der Waals surface area contributed by atoms with Gasteiger partial charge in [-0.25, -0.2) is 4.79 Å². The van der Waals surface area contributed by atoms with Crippen LogP contribution < -0.4 is 19.8 Å². The molecule has 0 saturated heterocycles. The first kappa shape index (κ1) is 24.3. The lowest BCUT2D eigenvalue weighted by atomic mass is 10.1. The highest BCUT2D eigenvalue weighted by molar-refractivity contribution is 9.10. The van der Waals surface area contributed by atoms with E-state index in [9.17, 15) is 22.8 Å². The molecule has 0 atom stereocenters. The van der Waals surface area contributed by atoms with Gasteiger partial charge in [0.2, 0.25) is 0 Å². The van der Waals surface area contributed by atoms with Gasteiger partial charge in [-0.2, -0.15) is 13.2 Å². The number of ether oxygens (including phenoxy) is 3. The summed E-state index contributed by atoms with van der Waals surface area (Å²) in [5.41, 5.74) is -0.952. The van der Waals surface area contributed by atoms with E-state index in [1.165, 1.54) is 24.9 Å². The van der Waals surface area contributed by atoms with Gasteiger partial charge in [0.25, 0.3) is 5.56 Å². The minimum Gasteiger partial charge on any atom is -0.497 e. The number of hydrogen-bond acceptors (Lipinski definition) is 5. The van der Waals surface area contributed by atoms with E-state index < -0.39 is 23.3 Å². The Balaban J connectivity index is 1.82. The zero-order valence-electron chi connectivity index (χ0n) is 18.4. The van der Waals surface area contributed by atoms with Gasteiger partial charge in [0.05, 0.1) is 30.7 Å². The predicted octanol–water partition coefficient (Wildman–Crippen LogP) is 6.01. The van der Waals surface area contributed by atoms with Crippen molar-refractivity contribution in [2.45, 2.75) is 6.18 Å². The lowest BCUT2D eigenvalue weighted by Gasteiger charge is -2.14. The van der Waals surface area contributed by atoms with Crippen molar-refractivity contribution < 1.29 is 32.2 Å². The van der Waals surface area contributed by atoms with Gasteiger partial charge < -0.3 is 14.2 Å². The monoisotopic (exact) mass is 547 g/mol. The Morgan fingerprint density at radius 1 is 0.914 bits per heavy atom. The molecule has 1 heterocycles. The van der Waals surface area contributed by atoms with E-state index in [0.717, 1.165) is 24.3 Å². The van der Waals surface area contributed by atoms with E-state index in [1.807, 2.05) is 0 Å². The highest BCUT2D eigenvalue weighted by Gasteiger charge is 2.30. The number of carbonyl (C=O) groups is 1. The van der Waals surface area contributed by atoms with Gasteiger partial charge in [0, 0.05) is 27.8 Å². The van der Waals surface area contributed by atoms with Gasteiger partial charge in [-0.3, -0.25) is 9.36 Å². The number of methoxy groups -OCH3 is 2. The van der Waals surface area contributed by atoms with Crippen molar-refractivity contribution >= 4 is 32.7 Å². The van der Waals surface area contributed by atoms with Crippen LogP contribution in [0.1, 0.15) is 15.9 Å². The van der Waals surface area contributed by atoms with Crippen molar-refractivity contribution in [1.29, 1.82) is 0 Å². The molecule has 4 rings (SSSR count). The Morgan fingerprint density at radius 2 is 1.54 bits per heavy atom. The van der Waals surface area contributed by atoms with Crippen LogP contribution in [0.15, 0.2) is 76.1 Å². The highest BCUT2D eigenvalue weighted by atomic mass is 79.9. The first-order valence-electron chi connectivity index (χ1n) is 10.1. The summed E-state index contributed by atoms with van der Waals surface area (Å²) in [5.74, 6) is -0.103. The summed E-state index contributed by atoms with van der Waals surface area (Å²) in [4.78, 5) is 26.2. The maximum absolute atomic E-state index is 13.5. The normalized spacial score (nSPS) is 11.4. The number of nitrogens with zero attached hydrogens (tertiary/aromatic N) is 1. The zero-order valence-corrected chi connectivity index (χ0v) is 19.9. The largest absolute Gasteiger partial charge is 0.497 e. The molecule has 0 fully saturated rings. The molecule has 0 saturated carbocycles. The lowest BCUT2D eigenvalue weighted by Crippen LogP contribution is -2.20. The smallest absolute Gasteiger partial charge is 0.416 e. The fraction of sp³-hybridized carbons (Fsp3) is 0.120. The van der Waals surface area contributed by atoms with Crippen LogP contribution in [-0.4, -0.2) is 24.8 Å². The maximum Gasteiger partial charge on any atom is 0.416 e. The molecule has 0 aliphatic heterocycles. The molecule has 35 heavy (non-hydrogen) atoms. The topological polar surface area (TPSA) is 66.8 Å². The molecule has 0 N–H and O–H groups in total. The van der Waals surface area contributed by atoms with E-state index in [0.29, 0.717) is 27.0 Å². The van der Waals surface area contributed by atoms with Crippen molar-refractivity contribution in [1.82, 2.24) is 4.57 Å². The summed E-state index contributed by atoms with van der Waals surface area (Å²) in [5, 5.41) is 0.505. The molecular weight excluding hydrogens is 531 g/mol. The average Bonchev–Trinajstić information content (AvgIpc) is 2.85. The fourth-order valence-corrected chi connectivity index (χ4v) is 3.97. The number of esters is 1. The maximum atomic E-state index is 13.5. The van der Waals surface area contributed by atoms with Crippen LogP contribution >= 0.6 is 15.9 Å². The standard InChI is InChI=1S/C25H17BrF3NO5/c1-33-17-9-7-16(8-10-17)30-13-20(26)19-11-18(34-2)12-21(22(19)23(30)31)35-24(32)14-3-5-15(6-4-14)25(27,28)29/h3-13H,1-2H3. The van der Waals surface area contributed by atoms with Crippen molar-refractivity contribution in [3.8, 4) is 22.9 Å². The summed E-state index contributed by atoms with van der Waals surface area (Å²) in [6.07, 6.45) is -2.96. The van der Waals surface area contributed by atoms with Gasteiger partial charge in [0.1, 0.15) is 17.2 Å². The number of benzene rings is 3. The molecular formula is C25H17BrF3NO5. The van der Waals surface area contributed by atoms with Crippen LogP contribution in [0, 0.1) is 0 Å². The third-order valence-corrected chi connectivity index (χ3v) is 5.88. The molecule has 0 bridgehead atoms. The van der Waals surface area contributed by atoms with Crippen LogP contribution in [0.25, 0.3) is 16.5 Å². The molecule has 0 aliphatic rings. The van der Waals surface area contributed by atoms with Crippen LogP contribution in [0.2, 0.25) is 0 Å². The first-order valence-corrected chi connectivity index (χ1v) is 10.9. The number of rotatable bonds is 5. The minimum atomic E-state index is -4.54. The van der Waals surface area contributed by atoms with E-state index in [-0.39, 0.29) is 16.7 Å². The van der Waals surface area contributed by atoms with Gasteiger partial charge in [-0.1, -0.05) is 0 Å². The third-order valence-electron chi connectivity index (χ3n) is 5.24. The number of fused-ring (bicyclic) bond motifs is 1. The third kappa shape index (κ3) is 4.88. The van der Waals surface area contributed by atoms with Crippen LogP contribution in [0.5, 0.6) is 17.2 Å². The Bertz CT molecular complexity index is 1460. The molecule has 6 nitrogen and oxygen atoms in total. The molecule has 0 radical (unpaired) electrons. The number of alkyl halides is 3. The summed E-state index contributed by atoms with van der Waals surface area (Å²) >= 11 is 3.46. The second-order valence-corrected chi connectivity index (χ2v) is 8.22. The average molecular weight is 548 g/mol. The van der Waals surface area contributed by atoms with Crippen LogP contribution in [-0.2, 0) is 6.18 Å². The van der Waals surface area contributed by atoms with Crippen molar-refractivity contribution in [2.24, 2.45) is 0 Å². The highest BCUT2D eigenvalue weighted by Crippen LogP contribution is 2.35. The molecule has 10 heteroatoms. The van der Waals surface area contributed by atoms with E-state index in [2.05, 4.69) is 15.9 Å². The van der Waals surface area contributed by atoms with E-state index in [1.54, 1.807) is 36.5 Å². The number of carbonyl (C=O) groups excluding carboxylic acids is 1. The Labute approximate surface area is 205 Å². The SMILES string of the molecule is COc1ccc(-n2cc(Br)c3cc(OC)cc(OC(=O)c4ccc(C(F)(F)F)cc4)c3c2=O)cc1. The van der Waals surface area contributed by atoms with Gasteiger partial charge in [0.15, 0.2) is 0 Å². The summed E-state index contributed by atoms with van der Waals surface area (Å²) in [7, 11) is 2.94. The van der Waals surface area contributed by atoms with Crippen molar-refractivity contribution in [3.05, 3.63) is 92.8 Å². The molecule has 0 aliphatic carbocycles. The second kappa shape index (κ2) is 9.46. The van der Waals surface area contributed by atoms with Crippen LogP contribution in [0.3, 0.4) is 0 Å². The van der Waals surface area contributed by atoms with Crippen molar-refractivity contribution in [3.63, 3.8) is 0 Å². The lowest BCUT2D eigenvalue weighted by molar-refractivity contribution is -0.137. The predicted molar refractivity (Wildman–Crippen MR) is 127 cm³/mol. The molecule has 0 spiro atoms. The number of pyridine rings is 1. The van der Waals surface area contributed by atoms with Gasteiger partial charge >= 0.3 is 12.1 Å². The fourth-order valence-electron chi connectivity index (χ4n) is 3.45. The Morgan fingerprint density at radius 3 is 2.11 bits per heavy atom. The van der Waals surface area contributed by atoms with Gasteiger partial charge in [-0.15, -0.1) is 0 Å². The Hall–Kier alpha value is -3.79. The number of hydrogen-bond donors (Lipinski definition) is 0. The van der Waals surface area contributed by atoms with Gasteiger partial charge in [-0.05, 0) is 70.5 Å². The summed E-state index contributed by atoms with van der Waals surface area (Å²) < 4.78 is 56.4. The summed E-state index contributed by atoms with van der Waals surface area (Å²) in [6.45, 7) is 0. The summed E-state index contributed by atoms with van der Waals surface area (Å²) in [6, 6.07) is 13.3. The Kier molecular flexibility index (Phi) is 6.58. The van der Waals surface area contributed by atoms with Crippen molar-refractivity contribution in [2.75, 3.05) is 14.2 Å². The molecule has 0 unspecified atom stereocenters. The molecule has 0 amide bonds. The van der Waals surface area contributed by atoms with Crippen LogP contribution in [0.4, 0.5) is 13.2 Å². The minimum absolute atomic E-state index is 0.0799. The molecule has 4 aromatic rings. The number of halogens is 4. The number of aromatic nitrogens is 1. The molecule has 3 aromatic carbocycles. The van der Waals surface area contributed by atoms with E-state index in [4.69, 9.17) is 14.2 Å². The molecule has 1 aromatic heterocycles. The molecule has 180 valence electrons. The quantitative estimate of drug-likeness (QED) is 0.226. The first-order chi connectivity index (χ1) is 16.6. The second-order valence-electron chi connectivity index (χ2n) is 7.36.